The summed E-state index contributed by atoms with van der Waals surface area (Å²) in [4.78, 5) is 11.6. The zero-order chi connectivity index (χ0) is 13.5. The van der Waals surface area contributed by atoms with Crippen molar-refractivity contribution >= 4 is 11.6 Å². The molecule has 0 spiro atoms. The van der Waals surface area contributed by atoms with E-state index in [0.29, 0.717) is 23.8 Å². The third kappa shape index (κ3) is 4.25. The van der Waals surface area contributed by atoms with E-state index in [2.05, 4.69) is 5.32 Å². The van der Waals surface area contributed by atoms with Crippen LogP contribution in [0.4, 0.5) is 5.69 Å². The van der Waals surface area contributed by atoms with Crippen molar-refractivity contribution in [3.8, 4) is 11.5 Å². The highest BCUT2D eigenvalue weighted by molar-refractivity contribution is 5.91. The molecule has 0 aliphatic heterocycles. The number of hydrogen-bond acceptors (Lipinski definition) is 4. The number of carbonyl (C=O) groups excluding carboxylic acids is 1. The molecule has 0 saturated heterocycles. The molecule has 5 nitrogen and oxygen atoms in total. The first-order valence-electron chi connectivity index (χ1n) is 5.93. The summed E-state index contributed by atoms with van der Waals surface area (Å²) in [5.74, 6) is 1.14. The lowest BCUT2D eigenvalue weighted by atomic mass is 10.2. The molecule has 0 saturated carbocycles. The summed E-state index contributed by atoms with van der Waals surface area (Å²) < 4.78 is 10.6. The molecule has 0 aliphatic rings. The third-order valence-corrected chi connectivity index (χ3v) is 2.25. The molecule has 0 aromatic heterocycles. The lowest BCUT2D eigenvalue weighted by Crippen LogP contribution is -2.23. The molecule has 1 aromatic carbocycles. The van der Waals surface area contributed by atoms with E-state index in [1.807, 2.05) is 6.92 Å². The number of anilines is 1. The van der Waals surface area contributed by atoms with Gasteiger partial charge in [-0.15, -0.1) is 0 Å². The van der Waals surface area contributed by atoms with Crippen molar-refractivity contribution < 1.29 is 14.3 Å². The van der Waals surface area contributed by atoms with Gasteiger partial charge in [-0.2, -0.15) is 0 Å². The zero-order valence-electron chi connectivity index (χ0n) is 11.0. The second-order valence-corrected chi connectivity index (χ2v) is 4.03. The normalized spacial score (nSPS) is 11.8. The summed E-state index contributed by atoms with van der Waals surface area (Å²) in [7, 11) is 1.56. The van der Waals surface area contributed by atoms with E-state index in [0.717, 1.165) is 0 Å². The lowest BCUT2D eigenvalue weighted by molar-refractivity contribution is -0.116. The average Bonchev–Trinajstić information content (AvgIpc) is 2.30. The monoisotopic (exact) mass is 252 g/mol. The number of hydrogen-bond donors (Lipinski definition) is 2. The highest BCUT2D eigenvalue weighted by Gasteiger charge is 2.09. The summed E-state index contributed by atoms with van der Waals surface area (Å²) in [5.41, 5.74) is 6.23. The van der Waals surface area contributed by atoms with Crippen LogP contribution in [0.5, 0.6) is 11.5 Å². The van der Waals surface area contributed by atoms with E-state index >= 15 is 0 Å². The van der Waals surface area contributed by atoms with Crippen LogP contribution >= 0.6 is 0 Å². The highest BCUT2D eigenvalue weighted by atomic mass is 16.5. The van der Waals surface area contributed by atoms with Crippen molar-refractivity contribution in [1.29, 1.82) is 0 Å². The quantitative estimate of drug-likeness (QED) is 0.809. The third-order valence-electron chi connectivity index (χ3n) is 2.25. The Morgan fingerprint density at radius 1 is 1.44 bits per heavy atom. The Kier molecular flexibility index (Phi) is 5.45. The number of amides is 1. The van der Waals surface area contributed by atoms with E-state index < -0.39 is 0 Å². The Morgan fingerprint density at radius 3 is 2.72 bits per heavy atom. The number of methoxy groups -OCH3 is 1. The van der Waals surface area contributed by atoms with Gasteiger partial charge in [0.05, 0.1) is 13.7 Å². The fourth-order valence-electron chi connectivity index (χ4n) is 1.52. The van der Waals surface area contributed by atoms with Crippen LogP contribution in [0.2, 0.25) is 0 Å². The van der Waals surface area contributed by atoms with Crippen LogP contribution in [0.25, 0.3) is 0 Å². The number of benzene rings is 1. The van der Waals surface area contributed by atoms with Gasteiger partial charge in [0, 0.05) is 24.2 Å². The predicted molar refractivity (Wildman–Crippen MR) is 71.1 cm³/mol. The number of carbonyl (C=O) groups is 1. The maximum atomic E-state index is 11.6. The van der Waals surface area contributed by atoms with Gasteiger partial charge in [0.2, 0.25) is 5.91 Å². The first-order valence-corrected chi connectivity index (χ1v) is 5.93. The first-order chi connectivity index (χ1) is 8.56. The number of rotatable bonds is 6. The minimum atomic E-state index is -0.158. The molecule has 5 heteroatoms. The highest BCUT2D eigenvalue weighted by Crippen LogP contribution is 2.30. The molecule has 1 rings (SSSR count). The van der Waals surface area contributed by atoms with Crippen molar-refractivity contribution in [2.45, 2.75) is 26.3 Å². The maximum absolute atomic E-state index is 11.6. The second-order valence-electron chi connectivity index (χ2n) is 4.03. The van der Waals surface area contributed by atoms with E-state index in [-0.39, 0.29) is 18.4 Å². The minimum Gasteiger partial charge on any atom is -0.493 e. The fourth-order valence-corrected chi connectivity index (χ4v) is 1.52. The van der Waals surface area contributed by atoms with Crippen molar-refractivity contribution in [2.24, 2.45) is 5.73 Å². The molecule has 100 valence electrons. The minimum absolute atomic E-state index is 0.115. The molecule has 1 aromatic rings. The van der Waals surface area contributed by atoms with Gasteiger partial charge in [-0.25, -0.2) is 0 Å². The van der Waals surface area contributed by atoms with Gasteiger partial charge < -0.3 is 20.5 Å². The molecule has 3 N–H and O–H groups in total. The largest absolute Gasteiger partial charge is 0.493 e. The SMILES string of the molecule is CCOc1ccc(NC(=O)CC(C)N)cc1OC. The van der Waals surface area contributed by atoms with Crippen molar-refractivity contribution in [3.63, 3.8) is 0 Å². The molecule has 18 heavy (non-hydrogen) atoms. The van der Waals surface area contributed by atoms with Gasteiger partial charge in [0.25, 0.3) is 0 Å². The van der Waals surface area contributed by atoms with Gasteiger partial charge in [-0.3, -0.25) is 4.79 Å². The molecule has 1 amide bonds. The molecular weight excluding hydrogens is 232 g/mol. The summed E-state index contributed by atoms with van der Waals surface area (Å²) in [6.45, 7) is 4.25. The summed E-state index contributed by atoms with van der Waals surface area (Å²) in [5, 5.41) is 2.76. The van der Waals surface area contributed by atoms with Crippen LogP contribution in [0.15, 0.2) is 18.2 Å². The van der Waals surface area contributed by atoms with Gasteiger partial charge in [-0.1, -0.05) is 0 Å². The summed E-state index contributed by atoms with van der Waals surface area (Å²) in [6.07, 6.45) is 0.287. The van der Waals surface area contributed by atoms with E-state index in [1.54, 1.807) is 32.2 Å². The van der Waals surface area contributed by atoms with E-state index in [9.17, 15) is 4.79 Å². The van der Waals surface area contributed by atoms with Crippen LogP contribution < -0.4 is 20.5 Å². The van der Waals surface area contributed by atoms with Crippen molar-refractivity contribution in [3.05, 3.63) is 18.2 Å². The number of ether oxygens (including phenoxy) is 2. The lowest BCUT2D eigenvalue weighted by Gasteiger charge is -2.12. The number of nitrogens with two attached hydrogens (primary N) is 1. The topological polar surface area (TPSA) is 73.6 Å². The Labute approximate surface area is 107 Å². The molecule has 1 atom stereocenters. The van der Waals surface area contributed by atoms with Crippen LogP contribution in [0, 0.1) is 0 Å². The van der Waals surface area contributed by atoms with E-state index in [1.165, 1.54) is 0 Å². The molecule has 0 aliphatic carbocycles. The zero-order valence-corrected chi connectivity index (χ0v) is 11.0. The Balaban J connectivity index is 2.76. The first kappa shape index (κ1) is 14.3. The Morgan fingerprint density at radius 2 is 2.17 bits per heavy atom. The van der Waals surface area contributed by atoms with Gasteiger partial charge >= 0.3 is 0 Å². The van der Waals surface area contributed by atoms with Crippen molar-refractivity contribution in [1.82, 2.24) is 0 Å². The van der Waals surface area contributed by atoms with Gasteiger partial charge in [0.15, 0.2) is 11.5 Å². The van der Waals surface area contributed by atoms with E-state index in [4.69, 9.17) is 15.2 Å². The van der Waals surface area contributed by atoms with Gasteiger partial charge in [-0.05, 0) is 26.0 Å². The van der Waals surface area contributed by atoms with Crippen molar-refractivity contribution in [2.75, 3.05) is 19.0 Å². The maximum Gasteiger partial charge on any atom is 0.225 e. The molecule has 1 unspecified atom stereocenters. The molecule has 0 radical (unpaired) electrons. The fraction of sp³-hybridized carbons (Fsp3) is 0.462. The molecule has 0 bridgehead atoms. The molecule has 0 fully saturated rings. The molecule has 0 heterocycles. The van der Waals surface area contributed by atoms with Crippen LogP contribution in [-0.4, -0.2) is 25.7 Å². The smallest absolute Gasteiger partial charge is 0.225 e. The summed E-state index contributed by atoms with van der Waals surface area (Å²) >= 11 is 0. The number of nitrogens with one attached hydrogen (secondary N) is 1. The van der Waals surface area contributed by atoms with Crippen LogP contribution in [0.1, 0.15) is 20.3 Å². The van der Waals surface area contributed by atoms with Gasteiger partial charge in [0.1, 0.15) is 0 Å². The summed E-state index contributed by atoms with van der Waals surface area (Å²) in [6, 6.07) is 5.11. The standard InChI is InChI=1S/C13H20N2O3/c1-4-18-11-6-5-10(8-12(11)17-3)15-13(16)7-9(2)14/h5-6,8-9H,4,7,14H2,1-3H3,(H,15,16). The van der Waals surface area contributed by atoms with Crippen LogP contribution in [-0.2, 0) is 4.79 Å². The Hall–Kier alpha value is -1.75. The predicted octanol–water partition coefficient (Wildman–Crippen LogP) is 1.77. The average molecular weight is 252 g/mol. The molecular formula is C13H20N2O3. The van der Waals surface area contributed by atoms with Crippen LogP contribution in [0.3, 0.4) is 0 Å². The Bertz CT molecular complexity index is 405. The second kappa shape index (κ2) is 6.86.